The molecule has 0 unspecified atom stereocenters. The van der Waals surface area contributed by atoms with Gasteiger partial charge in [0.1, 0.15) is 0 Å². The standard InChI is InChI=1S/C5H2NO/c7-5-2-1-3-6-4-5/h1,7H/p+1. The van der Waals surface area contributed by atoms with Gasteiger partial charge in [0.15, 0.2) is 0 Å². The zero-order valence-electron chi connectivity index (χ0n) is 3.52. The van der Waals surface area contributed by atoms with Crippen LogP contribution in [0.15, 0.2) is 17.6 Å². The Morgan fingerprint density at radius 1 is 1.86 bits per heavy atom. The van der Waals surface area contributed by atoms with Crippen LogP contribution < -0.4 is 4.67 Å². The molecule has 1 heterocycles. The molecule has 2 nitrogen and oxygen atoms in total. The van der Waals surface area contributed by atoms with Crippen LogP contribution in [0.3, 0.4) is 0 Å². The summed E-state index contributed by atoms with van der Waals surface area (Å²) in [5.74, 6) is 0.179. The van der Waals surface area contributed by atoms with Crippen LogP contribution in [0.1, 0.15) is 0 Å². The molecule has 0 amide bonds. The predicted octanol–water partition coefficient (Wildman–Crippen LogP) is -1.27. The lowest BCUT2D eigenvalue weighted by molar-refractivity contribution is 0.447. The molecule has 0 atom stereocenters. The summed E-state index contributed by atoms with van der Waals surface area (Å²) in [5.41, 5.74) is 2.52. The van der Waals surface area contributed by atoms with Crippen LogP contribution in [0.5, 0.6) is 0 Å². The quantitative estimate of drug-likeness (QED) is 0.155. The van der Waals surface area contributed by atoms with E-state index < -0.39 is 0 Å². The third kappa shape index (κ3) is 0.799. The number of nitrogens with zero attached hydrogens (tertiary/aromatic N) is 1. The smallest absolute Gasteiger partial charge is 0.357 e. The van der Waals surface area contributed by atoms with Gasteiger partial charge in [-0.1, -0.05) is 6.08 Å². The number of hydrogen-bond acceptors (Lipinski definition) is 0. The molecule has 2 N–H and O–H groups in total. The minimum atomic E-state index is 0.179. The summed E-state index contributed by atoms with van der Waals surface area (Å²) in [5, 5.41) is 6.80. The van der Waals surface area contributed by atoms with Crippen LogP contribution in [0.25, 0.3) is 0 Å². The first kappa shape index (κ1) is 3.94. The summed E-state index contributed by atoms with van der Waals surface area (Å²) in [4.78, 5) is 0. The van der Waals surface area contributed by atoms with Gasteiger partial charge in [-0.15, -0.1) is 0 Å². The third-order valence-corrected chi connectivity index (χ3v) is 0.513. The van der Waals surface area contributed by atoms with Crippen LogP contribution in [0.4, 0.5) is 0 Å². The molecule has 0 aromatic rings. The zero-order chi connectivity index (χ0) is 5.11. The van der Waals surface area contributed by atoms with Crippen molar-refractivity contribution in [1.82, 2.24) is 4.67 Å². The fourth-order valence-electron chi connectivity index (χ4n) is 0.257. The summed E-state index contributed by atoms with van der Waals surface area (Å²) < 4.78 is 3.42. The molecule has 1 aliphatic heterocycles. The predicted molar refractivity (Wildman–Crippen MR) is 27.4 cm³/mol. The second-order valence-corrected chi connectivity index (χ2v) is 1.02. The average Bonchev–Trinajstić information content (AvgIpc) is 1.69. The minimum absolute atomic E-state index is 0.179. The zero-order valence-corrected chi connectivity index (χ0v) is 3.52. The molecule has 0 aliphatic carbocycles. The molecule has 0 bridgehead atoms. The Kier molecular flexibility index (Phi) is 0.833. The van der Waals surface area contributed by atoms with E-state index in [-0.39, 0.29) is 5.76 Å². The van der Waals surface area contributed by atoms with Gasteiger partial charge >= 0.3 is 6.21 Å². The van der Waals surface area contributed by atoms with Crippen LogP contribution in [0.2, 0.25) is 0 Å². The molecule has 7 heavy (non-hydrogen) atoms. The van der Waals surface area contributed by atoms with Gasteiger partial charge in [0.05, 0.1) is 0 Å². The highest BCUT2D eigenvalue weighted by Crippen LogP contribution is 1.74. The molecule has 2 heteroatoms. The fraction of sp³-hybridized carbons (Fsp3) is 0. The van der Waals surface area contributed by atoms with Crippen molar-refractivity contribution in [2.45, 2.75) is 0 Å². The van der Waals surface area contributed by atoms with Gasteiger partial charge < -0.3 is 5.11 Å². The van der Waals surface area contributed by atoms with E-state index in [0.29, 0.717) is 0 Å². The molecular formula is C5H3NO+. The first-order valence-corrected chi connectivity index (χ1v) is 1.77. The van der Waals surface area contributed by atoms with Crippen molar-refractivity contribution in [3.8, 4) is 0 Å². The lowest BCUT2D eigenvalue weighted by Crippen LogP contribution is -1.88. The Morgan fingerprint density at radius 3 is 3.00 bits per heavy atom. The third-order valence-electron chi connectivity index (χ3n) is 0.513. The van der Waals surface area contributed by atoms with Crippen LogP contribution in [-0.4, -0.2) is 17.5 Å². The lowest BCUT2D eigenvalue weighted by atomic mass is 10.5. The normalized spacial score (nSPS) is 14.6. The van der Waals surface area contributed by atoms with E-state index in [1.807, 2.05) is 0 Å². The van der Waals surface area contributed by atoms with Gasteiger partial charge in [-0.05, 0) is 0 Å². The SMILES string of the molecule is [OH2+]C1=C=C[C-]=[N+]=[C]1. The number of allylic oxidation sites excluding steroid dienone is 1. The topological polar surface area (TPSA) is 37.0 Å². The van der Waals surface area contributed by atoms with Crippen molar-refractivity contribution in [2.75, 3.05) is 0 Å². The van der Waals surface area contributed by atoms with Gasteiger partial charge in [0.25, 0.3) is 12.0 Å². The molecule has 0 fully saturated rings. The highest BCUT2D eigenvalue weighted by atomic mass is 16.3. The molecule has 1 radical (unpaired) electrons. The highest BCUT2D eigenvalue weighted by Gasteiger charge is 1.88. The molecule has 33 valence electrons. The molecular weight excluding hydrogens is 90.1 g/mol. The monoisotopic (exact) mass is 93.0 g/mol. The van der Waals surface area contributed by atoms with Crippen LogP contribution in [0, 0.1) is 0 Å². The summed E-state index contributed by atoms with van der Waals surface area (Å²) in [6, 6.07) is 0. The van der Waals surface area contributed by atoms with Gasteiger partial charge in [0.2, 0.25) is 0 Å². The Bertz CT molecular complexity index is 190. The van der Waals surface area contributed by atoms with E-state index in [1.54, 1.807) is 0 Å². The van der Waals surface area contributed by atoms with E-state index in [1.165, 1.54) is 6.08 Å². The van der Waals surface area contributed by atoms with Crippen molar-refractivity contribution in [2.24, 2.45) is 0 Å². The molecule has 0 saturated heterocycles. The van der Waals surface area contributed by atoms with Gasteiger partial charge in [-0.2, -0.15) is 5.73 Å². The van der Waals surface area contributed by atoms with E-state index in [4.69, 9.17) is 5.11 Å². The second-order valence-electron chi connectivity index (χ2n) is 1.02. The summed E-state index contributed by atoms with van der Waals surface area (Å²) >= 11 is 0. The van der Waals surface area contributed by atoms with E-state index in [9.17, 15) is 0 Å². The maximum absolute atomic E-state index is 6.80. The summed E-state index contributed by atoms with van der Waals surface area (Å²) in [6.07, 6.45) is 6.25. The van der Waals surface area contributed by atoms with Gasteiger partial charge in [-0.25, -0.2) is 4.67 Å². The molecule has 0 aromatic heterocycles. The van der Waals surface area contributed by atoms with E-state index in [2.05, 4.69) is 22.8 Å². The van der Waals surface area contributed by atoms with Crippen molar-refractivity contribution in [1.29, 1.82) is 0 Å². The molecule has 0 saturated carbocycles. The first-order chi connectivity index (χ1) is 3.39. The molecule has 0 aromatic carbocycles. The minimum Gasteiger partial charge on any atom is -0.602 e. The molecule has 1 aliphatic rings. The van der Waals surface area contributed by atoms with Crippen molar-refractivity contribution in [3.05, 3.63) is 17.6 Å². The van der Waals surface area contributed by atoms with Crippen LogP contribution >= 0.6 is 0 Å². The summed E-state index contributed by atoms with van der Waals surface area (Å²) in [7, 11) is 0. The Balaban J connectivity index is 3.02. The molecule has 1 rings (SSSR count). The maximum atomic E-state index is 6.80. The van der Waals surface area contributed by atoms with Gasteiger partial charge in [0, 0.05) is 0 Å². The molecule has 0 spiro atoms. The van der Waals surface area contributed by atoms with Crippen molar-refractivity contribution >= 4 is 12.4 Å². The lowest BCUT2D eigenvalue weighted by Gasteiger charge is -1.75. The second kappa shape index (κ2) is 1.48. The Morgan fingerprint density at radius 2 is 2.71 bits per heavy atom. The van der Waals surface area contributed by atoms with Crippen LogP contribution in [-0.2, 0) is 0 Å². The van der Waals surface area contributed by atoms with E-state index in [0.717, 1.165) is 0 Å². The Hall–Kier alpha value is -1.23. The summed E-state index contributed by atoms with van der Waals surface area (Å²) in [6.45, 7) is 0. The van der Waals surface area contributed by atoms with Crippen molar-refractivity contribution in [3.63, 3.8) is 0 Å². The number of hydrogen-bond donors (Lipinski definition) is 0. The first-order valence-electron chi connectivity index (χ1n) is 1.77. The van der Waals surface area contributed by atoms with E-state index >= 15 is 0 Å². The van der Waals surface area contributed by atoms with Crippen molar-refractivity contribution < 1.29 is 5.11 Å². The number of rotatable bonds is 0. The van der Waals surface area contributed by atoms with Gasteiger partial charge in [-0.3, -0.25) is 0 Å². The maximum Gasteiger partial charge on any atom is 0.357 e. The average molecular weight is 93.1 g/mol. The highest BCUT2D eigenvalue weighted by molar-refractivity contribution is 5.84. The Labute approximate surface area is 40.8 Å². The largest absolute Gasteiger partial charge is 0.602 e. The fourth-order valence-corrected chi connectivity index (χ4v) is 0.257.